The van der Waals surface area contributed by atoms with Gasteiger partial charge in [-0.2, -0.15) is 0 Å². The Labute approximate surface area is 110 Å². The molecule has 1 amide bonds. The van der Waals surface area contributed by atoms with Gasteiger partial charge >= 0.3 is 0 Å². The minimum absolute atomic E-state index is 0.283. The summed E-state index contributed by atoms with van der Waals surface area (Å²) in [5.74, 6) is -0.283. The van der Waals surface area contributed by atoms with E-state index in [4.69, 9.17) is 10.5 Å². The Kier molecular flexibility index (Phi) is 6.05. The normalized spacial score (nSPS) is 21.7. The number of amides is 1. The van der Waals surface area contributed by atoms with E-state index in [9.17, 15) is 4.79 Å². The third-order valence-corrected chi connectivity index (χ3v) is 3.96. The first kappa shape index (κ1) is 15.4. The van der Waals surface area contributed by atoms with Gasteiger partial charge in [0.25, 0.3) is 0 Å². The zero-order valence-corrected chi connectivity index (χ0v) is 11.9. The average Bonchev–Trinajstić information content (AvgIpc) is 2.37. The standard InChI is InChI=1S/C13H27N3O2/c1-4-18-11-5-8-16(9-6-11)10-7-13(2,15-3)12(14)17/h11,15H,4-10H2,1-3H3,(H2,14,17). The molecule has 0 aliphatic carbocycles. The molecule has 1 saturated heterocycles. The molecule has 1 unspecified atom stereocenters. The minimum atomic E-state index is -0.600. The van der Waals surface area contributed by atoms with Gasteiger partial charge in [-0.25, -0.2) is 0 Å². The predicted octanol–water partition coefficient (Wildman–Crippen LogP) is 0.341. The number of carbonyl (C=O) groups is 1. The molecule has 0 saturated carbocycles. The molecule has 106 valence electrons. The maximum atomic E-state index is 11.4. The lowest BCUT2D eigenvalue weighted by Gasteiger charge is -2.34. The second-order valence-electron chi connectivity index (χ2n) is 5.19. The molecule has 0 spiro atoms. The maximum Gasteiger partial charge on any atom is 0.237 e. The van der Waals surface area contributed by atoms with Crippen molar-refractivity contribution in [2.24, 2.45) is 5.73 Å². The number of hydrogen-bond acceptors (Lipinski definition) is 4. The fourth-order valence-electron chi connectivity index (χ4n) is 2.29. The Hall–Kier alpha value is -0.650. The average molecular weight is 257 g/mol. The number of primary amides is 1. The number of likely N-dealkylation sites (tertiary alicyclic amines) is 1. The van der Waals surface area contributed by atoms with Gasteiger partial charge in [0, 0.05) is 26.2 Å². The topological polar surface area (TPSA) is 67.6 Å². The van der Waals surface area contributed by atoms with Crippen molar-refractivity contribution in [1.29, 1.82) is 0 Å². The van der Waals surface area contributed by atoms with Gasteiger partial charge in [-0.05, 0) is 40.2 Å². The summed E-state index contributed by atoms with van der Waals surface area (Å²) in [7, 11) is 1.78. The van der Waals surface area contributed by atoms with E-state index >= 15 is 0 Å². The third kappa shape index (κ3) is 4.23. The van der Waals surface area contributed by atoms with Crippen molar-refractivity contribution in [1.82, 2.24) is 10.2 Å². The summed E-state index contributed by atoms with van der Waals surface area (Å²) in [5, 5.41) is 3.02. The van der Waals surface area contributed by atoms with Crippen LogP contribution in [-0.2, 0) is 9.53 Å². The molecule has 1 aliphatic heterocycles. The first-order chi connectivity index (χ1) is 8.51. The molecule has 1 aliphatic rings. The third-order valence-electron chi connectivity index (χ3n) is 3.96. The van der Waals surface area contributed by atoms with Crippen LogP contribution in [0.5, 0.6) is 0 Å². The van der Waals surface area contributed by atoms with E-state index in [0.717, 1.165) is 45.5 Å². The van der Waals surface area contributed by atoms with Crippen molar-refractivity contribution < 1.29 is 9.53 Å². The Morgan fingerprint density at radius 2 is 2.11 bits per heavy atom. The zero-order valence-electron chi connectivity index (χ0n) is 11.9. The smallest absolute Gasteiger partial charge is 0.237 e. The second kappa shape index (κ2) is 7.07. The lowest BCUT2D eigenvalue weighted by Crippen LogP contribution is -2.53. The van der Waals surface area contributed by atoms with Crippen LogP contribution in [0.1, 0.15) is 33.1 Å². The second-order valence-corrected chi connectivity index (χ2v) is 5.19. The Morgan fingerprint density at radius 1 is 1.50 bits per heavy atom. The molecule has 3 N–H and O–H groups in total. The van der Waals surface area contributed by atoms with E-state index in [0.29, 0.717) is 6.10 Å². The van der Waals surface area contributed by atoms with Gasteiger partial charge in [-0.3, -0.25) is 4.79 Å². The highest BCUT2D eigenvalue weighted by Gasteiger charge is 2.30. The van der Waals surface area contributed by atoms with Crippen LogP contribution in [0.25, 0.3) is 0 Å². The number of hydrogen-bond donors (Lipinski definition) is 2. The molecule has 0 radical (unpaired) electrons. The van der Waals surface area contributed by atoms with E-state index in [2.05, 4.69) is 10.2 Å². The van der Waals surface area contributed by atoms with Crippen LogP contribution in [0, 0.1) is 0 Å². The zero-order chi connectivity index (χ0) is 13.6. The molecule has 18 heavy (non-hydrogen) atoms. The minimum Gasteiger partial charge on any atom is -0.378 e. The van der Waals surface area contributed by atoms with E-state index in [-0.39, 0.29) is 5.91 Å². The van der Waals surface area contributed by atoms with E-state index in [1.165, 1.54) is 0 Å². The van der Waals surface area contributed by atoms with Gasteiger partial charge in [0.15, 0.2) is 0 Å². The van der Waals surface area contributed by atoms with E-state index < -0.39 is 5.54 Å². The van der Waals surface area contributed by atoms with Crippen LogP contribution in [0.15, 0.2) is 0 Å². The van der Waals surface area contributed by atoms with Crippen LogP contribution >= 0.6 is 0 Å². The maximum absolute atomic E-state index is 11.4. The van der Waals surface area contributed by atoms with E-state index in [1.807, 2.05) is 13.8 Å². The van der Waals surface area contributed by atoms with Crippen LogP contribution in [0.4, 0.5) is 0 Å². The Balaban J connectivity index is 2.31. The van der Waals surface area contributed by atoms with Crippen LogP contribution in [0.3, 0.4) is 0 Å². The largest absolute Gasteiger partial charge is 0.378 e. The molecule has 0 aromatic heterocycles. The fraction of sp³-hybridized carbons (Fsp3) is 0.923. The van der Waals surface area contributed by atoms with Gasteiger partial charge in [-0.15, -0.1) is 0 Å². The van der Waals surface area contributed by atoms with Crippen LogP contribution < -0.4 is 11.1 Å². The molecule has 0 aromatic rings. The van der Waals surface area contributed by atoms with Crippen molar-refractivity contribution >= 4 is 5.91 Å². The number of likely N-dealkylation sites (N-methyl/N-ethyl adjacent to an activating group) is 1. The summed E-state index contributed by atoms with van der Waals surface area (Å²) in [6.07, 6.45) is 3.33. The van der Waals surface area contributed by atoms with Gasteiger partial charge in [0.1, 0.15) is 0 Å². The summed E-state index contributed by atoms with van der Waals surface area (Å²) >= 11 is 0. The number of piperidine rings is 1. The number of carbonyl (C=O) groups excluding carboxylic acids is 1. The summed E-state index contributed by atoms with van der Waals surface area (Å²) in [6, 6.07) is 0. The lowest BCUT2D eigenvalue weighted by molar-refractivity contribution is -0.124. The molecular formula is C13H27N3O2. The van der Waals surface area contributed by atoms with Gasteiger partial charge < -0.3 is 20.7 Å². The molecule has 5 heteroatoms. The van der Waals surface area contributed by atoms with Crippen molar-refractivity contribution in [2.75, 3.05) is 33.3 Å². The summed E-state index contributed by atoms with van der Waals surface area (Å²) < 4.78 is 5.62. The Morgan fingerprint density at radius 3 is 2.56 bits per heavy atom. The van der Waals surface area contributed by atoms with E-state index in [1.54, 1.807) is 7.05 Å². The molecule has 0 aromatic carbocycles. The highest BCUT2D eigenvalue weighted by Crippen LogP contribution is 2.16. The summed E-state index contributed by atoms with van der Waals surface area (Å²) in [6.45, 7) is 7.69. The van der Waals surface area contributed by atoms with Gasteiger partial charge in [0.05, 0.1) is 11.6 Å². The van der Waals surface area contributed by atoms with Crippen LogP contribution in [-0.4, -0.2) is 55.7 Å². The summed E-state index contributed by atoms with van der Waals surface area (Å²) in [5.41, 5.74) is 4.82. The van der Waals surface area contributed by atoms with Crippen molar-refractivity contribution in [3.63, 3.8) is 0 Å². The van der Waals surface area contributed by atoms with Gasteiger partial charge in [-0.1, -0.05) is 0 Å². The molecular weight excluding hydrogens is 230 g/mol. The molecule has 5 nitrogen and oxygen atoms in total. The predicted molar refractivity (Wildman–Crippen MR) is 72.4 cm³/mol. The molecule has 1 rings (SSSR count). The van der Waals surface area contributed by atoms with Crippen LogP contribution in [0.2, 0.25) is 0 Å². The monoisotopic (exact) mass is 257 g/mol. The lowest BCUT2D eigenvalue weighted by atomic mass is 9.96. The molecule has 1 heterocycles. The van der Waals surface area contributed by atoms with Crippen molar-refractivity contribution in [2.45, 2.75) is 44.8 Å². The van der Waals surface area contributed by atoms with Crippen molar-refractivity contribution in [3.05, 3.63) is 0 Å². The number of nitrogens with one attached hydrogen (secondary N) is 1. The first-order valence-corrected chi connectivity index (χ1v) is 6.84. The number of nitrogens with zero attached hydrogens (tertiary/aromatic N) is 1. The summed E-state index contributed by atoms with van der Waals surface area (Å²) in [4.78, 5) is 13.8. The number of nitrogens with two attached hydrogens (primary N) is 1. The number of rotatable bonds is 7. The first-order valence-electron chi connectivity index (χ1n) is 6.84. The quantitative estimate of drug-likeness (QED) is 0.690. The molecule has 0 bridgehead atoms. The highest BCUT2D eigenvalue weighted by atomic mass is 16.5. The fourth-order valence-corrected chi connectivity index (χ4v) is 2.29. The number of ether oxygens (including phenoxy) is 1. The SMILES string of the molecule is CCOC1CCN(CCC(C)(NC)C(N)=O)CC1. The Bertz CT molecular complexity index is 265. The highest BCUT2D eigenvalue weighted by molar-refractivity contribution is 5.84. The molecule has 1 atom stereocenters. The molecule has 1 fully saturated rings. The van der Waals surface area contributed by atoms with Gasteiger partial charge in [0.2, 0.25) is 5.91 Å². The van der Waals surface area contributed by atoms with Crippen molar-refractivity contribution in [3.8, 4) is 0 Å².